The highest BCUT2D eigenvalue weighted by Gasteiger charge is 2.42. The Labute approximate surface area is 85.0 Å². The van der Waals surface area contributed by atoms with Crippen LogP contribution in [0.2, 0.25) is 0 Å². The van der Waals surface area contributed by atoms with Crippen LogP contribution < -0.4 is 5.32 Å². The first kappa shape index (κ1) is 10.8. The minimum atomic E-state index is -0.0356. The van der Waals surface area contributed by atoms with Gasteiger partial charge in [0.1, 0.15) is 0 Å². The molecule has 0 aliphatic heterocycles. The second-order valence-electron chi connectivity index (χ2n) is 4.18. The van der Waals surface area contributed by atoms with Crippen molar-refractivity contribution >= 4 is 17.5 Å². The molecule has 1 aliphatic carbocycles. The standard InChI is InChI=1S/C10H18ClNO/c1-3-8(2)6-9(13)12-10(7-11)4-5-10/h8H,3-7H2,1-2H3,(H,12,13). The summed E-state index contributed by atoms with van der Waals surface area (Å²) >= 11 is 5.76. The molecule has 2 nitrogen and oxygen atoms in total. The van der Waals surface area contributed by atoms with E-state index < -0.39 is 0 Å². The number of carbonyl (C=O) groups excluding carboxylic acids is 1. The molecule has 0 heterocycles. The molecular weight excluding hydrogens is 186 g/mol. The van der Waals surface area contributed by atoms with Gasteiger partial charge in [0.2, 0.25) is 5.91 Å². The van der Waals surface area contributed by atoms with Gasteiger partial charge in [-0.2, -0.15) is 0 Å². The lowest BCUT2D eigenvalue weighted by atomic mass is 10.0. The van der Waals surface area contributed by atoms with E-state index in [0.29, 0.717) is 18.2 Å². The molecule has 1 fully saturated rings. The van der Waals surface area contributed by atoms with Gasteiger partial charge in [0.05, 0.1) is 5.54 Å². The van der Waals surface area contributed by atoms with E-state index >= 15 is 0 Å². The van der Waals surface area contributed by atoms with Gasteiger partial charge in [-0.25, -0.2) is 0 Å². The Morgan fingerprint density at radius 2 is 2.23 bits per heavy atom. The highest BCUT2D eigenvalue weighted by Crippen LogP contribution is 2.36. The average Bonchev–Trinajstić information content (AvgIpc) is 2.85. The van der Waals surface area contributed by atoms with Gasteiger partial charge in [-0.05, 0) is 18.8 Å². The number of carbonyl (C=O) groups is 1. The van der Waals surface area contributed by atoms with Crippen LogP contribution in [0.15, 0.2) is 0 Å². The van der Waals surface area contributed by atoms with Crippen LogP contribution in [-0.4, -0.2) is 17.3 Å². The lowest BCUT2D eigenvalue weighted by Crippen LogP contribution is -2.38. The van der Waals surface area contributed by atoms with Gasteiger partial charge in [0.25, 0.3) is 0 Å². The van der Waals surface area contributed by atoms with E-state index in [1.807, 2.05) is 0 Å². The molecule has 1 aliphatic rings. The molecule has 1 rings (SSSR count). The molecule has 0 bridgehead atoms. The van der Waals surface area contributed by atoms with E-state index in [2.05, 4.69) is 19.2 Å². The molecule has 76 valence electrons. The van der Waals surface area contributed by atoms with E-state index in [1.54, 1.807) is 0 Å². The third kappa shape index (κ3) is 3.18. The predicted molar refractivity (Wildman–Crippen MR) is 54.9 cm³/mol. The Morgan fingerprint density at radius 3 is 2.62 bits per heavy atom. The molecule has 1 amide bonds. The number of alkyl halides is 1. The molecule has 1 unspecified atom stereocenters. The molecule has 1 atom stereocenters. The summed E-state index contributed by atoms with van der Waals surface area (Å²) in [5.41, 5.74) is -0.0356. The summed E-state index contributed by atoms with van der Waals surface area (Å²) in [6.07, 6.45) is 3.78. The summed E-state index contributed by atoms with van der Waals surface area (Å²) in [7, 11) is 0. The molecule has 3 heteroatoms. The summed E-state index contributed by atoms with van der Waals surface area (Å²) in [6.45, 7) is 4.20. The Bertz CT molecular complexity index is 189. The maximum atomic E-state index is 11.5. The second-order valence-corrected chi connectivity index (χ2v) is 4.45. The molecule has 1 N–H and O–H groups in total. The van der Waals surface area contributed by atoms with Crippen molar-refractivity contribution in [1.82, 2.24) is 5.32 Å². The molecule has 0 aromatic heterocycles. The van der Waals surface area contributed by atoms with Gasteiger partial charge in [-0.15, -0.1) is 11.6 Å². The number of amides is 1. The number of halogens is 1. The summed E-state index contributed by atoms with van der Waals surface area (Å²) in [5, 5.41) is 3.01. The summed E-state index contributed by atoms with van der Waals surface area (Å²) < 4.78 is 0. The molecular formula is C10H18ClNO. The highest BCUT2D eigenvalue weighted by atomic mass is 35.5. The predicted octanol–water partition coefficient (Wildman–Crippen LogP) is 2.31. The molecule has 0 spiro atoms. The largest absolute Gasteiger partial charge is 0.349 e. The van der Waals surface area contributed by atoms with Crippen LogP contribution in [0.5, 0.6) is 0 Å². The van der Waals surface area contributed by atoms with Crippen LogP contribution in [-0.2, 0) is 4.79 Å². The maximum Gasteiger partial charge on any atom is 0.220 e. The van der Waals surface area contributed by atoms with Gasteiger partial charge < -0.3 is 5.32 Å². The fourth-order valence-electron chi connectivity index (χ4n) is 1.25. The zero-order valence-corrected chi connectivity index (χ0v) is 9.16. The Balaban J connectivity index is 2.25. The van der Waals surface area contributed by atoms with Crippen LogP contribution in [0, 0.1) is 5.92 Å². The third-order valence-corrected chi connectivity index (χ3v) is 3.26. The fraction of sp³-hybridized carbons (Fsp3) is 0.900. The first-order chi connectivity index (χ1) is 6.12. The number of hydrogen-bond donors (Lipinski definition) is 1. The summed E-state index contributed by atoms with van der Waals surface area (Å²) in [5.74, 6) is 1.19. The first-order valence-electron chi connectivity index (χ1n) is 4.99. The maximum absolute atomic E-state index is 11.5. The van der Waals surface area contributed by atoms with Crippen molar-refractivity contribution in [1.29, 1.82) is 0 Å². The van der Waals surface area contributed by atoms with Crippen molar-refractivity contribution in [2.45, 2.75) is 45.1 Å². The third-order valence-electron chi connectivity index (χ3n) is 2.74. The molecule has 0 saturated heterocycles. The molecule has 0 aromatic carbocycles. The lowest BCUT2D eigenvalue weighted by molar-refractivity contribution is -0.122. The van der Waals surface area contributed by atoms with Crippen molar-refractivity contribution in [2.24, 2.45) is 5.92 Å². The highest BCUT2D eigenvalue weighted by molar-refractivity contribution is 6.19. The number of nitrogens with one attached hydrogen (secondary N) is 1. The van der Waals surface area contributed by atoms with Crippen molar-refractivity contribution in [2.75, 3.05) is 5.88 Å². The molecule has 1 saturated carbocycles. The average molecular weight is 204 g/mol. The number of hydrogen-bond acceptors (Lipinski definition) is 1. The van der Waals surface area contributed by atoms with Crippen LogP contribution in [0.3, 0.4) is 0 Å². The first-order valence-corrected chi connectivity index (χ1v) is 5.52. The number of rotatable bonds is 5. The van der Waals surface area contributed by atoms with E-state index in [1.165, 1.54) is 0 Å². The zero-order valence-electron chi connectivity index (χ0n) is 8.40. The van der Waals surface area contributed by atoms with Gasteiger partial charge >= 0.3 is 0 Å². The molecule has 0 aromatic rings. The minimum absolute atomic E-state index is 0.0356. The minimum Gasteiger partial charge on any atom is -0.349 e. The van der Waals surface area contributed by atoms with E-state index in [-0.39, 0.29) is 11.4 Å². The van der Waals surface area contributed by atoms with Crippen molar-refractivity contribution in [3.63, 3.8) is 0 Å². The smallest absolute Gasteiger partial charge is 0.220 e. The van der Waals surface area contributed by atoms with Gasteiger partial charge in [0.15, 0.2) is 0 Å². The van der Waals surface area contributed by atoms with Gasteiger partial charge in [-0.3, -0.25) is 4.79 Å². The van der Waals surface area contributed by atoms with Gasteiger partial charge in [0, 0.05) is 12.3 Å². The summed E-state index contributed by atoms with van der Waals surface area (Å²) in [6, 6.07) is 0. The van der Waals surface area contributed by atoms with E-state index in [9.17, 15) is 4.79 Å². The lowest BCUT2D eigenvalue weighted by Gasteiger charge is -2.15. The van der Waals surface area contributed by atoms with E-state index in [0.717, 1.165) is 19.3 Å². The van der Waals surface area contributed by atoms with Crippen molar-refractivity contribution in [3.05, 3.63) is 0 Å². The monoisotopic (exact) mass is 203 g/mol. The van der Waals surface area contributed by atoms with Crippen LogP contribution in [0.25, 0.3) is 0 Å². The van der Waals surface area contributed by atoms with Crippen LogP contribution in [0.4, 0.5) is 0 Å². The van der Waals surface area contributed by atoms with Crippen molar-refractivity contribution < 1.29 is 4.79 Å². The SMILES string of the molecule is CCC(C)CC(=O)NC1(CCl)CC1. The van der Waals surface area contributed by atoms with E-state index in [4.69, 9.17) is 11.6 Å². The Morgan fingerprint density at radius 1 is 1.62 bits per heavy atom. The zero-order chi connectivity index (χ0) is 9.90. The van der Waals surface area contributed by atoms with Crippen molar-refractivity contribution in [3.8, 4) is 0 Å². The molecule has 0 radical (unpaired) electrons. The van der Waals surface area contributed by atoms with Gasteiger partial charge in [-0.1, -0.05) is 20.3 Å². The quantitative estimate of drug-likeness (QED) is 0.683. The summed E-state index contributed by atoms with van der Waals surface area (Å²) in [4.78, 5) is 11.5. The topological polar surface area (TPSA) is 29.1 Å². The second kappa shape index (κ2) is 4.32. The molecule has 13 heavy (non-hydrogen) atoms. The Kier molecular flexibility index (Phi) is 3.60. The van der Waals surface area contributed by atoms with Crippen LogP contribution >= 0.6 is 11.6 Å². The fourth-order valence-corrected chi connectivity index (χ4v) is 1.58. The normalized spacial score (nSPS) is 20.8. The Hall–Kier alpha value is -0.240. The van der Waals surface area contributed by atoms with Crippen LogP contribution in [0.1, 0.15) is 39.5 Å².